The zero-order valence-electron chi connectivity index (χ0n) is 16.0. The quantitative estimate of drug-likeness (QED) is 0.626. The molecule has 3 heterocycles. The summed E-state index contributed by atoms with van der Waals surface area (Å²) in [4.78, 5) is 31.9. The third-order valence-electron chi connectivity index (χ3n) is 5.11. The van der Waals surface area contributed by atoms with E-state index in [1.165, 1.54) is 6.07 Å². The van der Waals surface area contributed by atoms with Crippen molar-refractivity contribution in [3.05, 3.63) is 70.9 Å². The van der Waals surface area contributed by atoms with Gasteiger partial charge < -0.3 is 15.2 Å². The van der Waals surface area contributed by atoms with E-state index < -0.39 is 23.9 Å². The molecule has 2 N–H and O–H groups in total. The number of aromatic nitrogens is 2. The van der Waals surface area contributed by atoms with Gasteiger partial charge in [0.15, 0.2) is 6.29 Å². The van der Waals surface area contributed by atoms with E-state index in [1.807, 2.05) is 0 Å². The number of rotatable bonds is 5. The summed E-state index contributed by atoms with van der Waals surface area (Å²) in [5.41, 5.74) is 2.00. The summed E-state index contributed by atoms with van der Waals surface area (Å²) in [5, 5.41) is 13.4. The van der Waals surface area contributed by atoms with Crippen LogP contribution in [0.1, 0.15) is 38.5 Å². The van der Waals surface area contributed by atoms with Gasteiger partial charge in [-0.2, -0.15) is 0 Å². The van der Waals surface area contributed by atoms with Gasteiger partial charge in [0.25, 0.3) is 5.91 Å². The first kappa shape index (κ1) is 20.1. The zero-order chi connectivity index (χ0) is 21.1. The van der Waals surface area contributed by atoms with Crippen molar-refractivity contribution in [1.82, 2.24) is 15.3 Å². The number of pyridine rings is 2. The van der Waals surface area contributed by atoms with Gasteiger partial charge in [0, 0.05) is 18.2 Å². The number of aliphatic hydroxyl groups excluding tert-OH is 1. The van der Waals surface area contributed by atoms with Crippen molar-refractivity contribution in [2.45, 2.75) is 25.0 Å². The van der Waals surface area contributed by atoms with Gasteiger partial charge in [-0.1, -0.05) is 18.2 Å². The third-order valence-corrected chi connectivity index (χ3v) is 5.11. The van der Waals surface area contributed by atoms with E-state index in [9.17, 15) is 19.1 Å². The molecule has 0 spiro atoms. The van der Waals surface area contributed by atoms with Crippen molar-refractivity contribution in [3.8, 4) is 0 Å². The number of aliphatic hydroxyl groups is 1. The molecule has 7 nitrogen and oxygen atoms in total. The van der Waals surface area contributed by atoms with Crippen molar-refractivity contribution in [2.75, 3.05) is 13.2 Å². The van der Waals surface area contributed by atoms with Gasteiger partial charge in [0.05, 0.1) is 18.8 Å². The Kier molecular flexibility index (Phi) is 5.78. The van der Waals surface area contributed by atoms with E-state index in [0.717, 1.165) is 5.56 Å². The molecule has 1 fully saturated rings. The second-order valence-corrected chi connectivity index (χ2v) is 7.20. The van der Waals surface area contributed by atoms with Crippen LogP contribution in [0.25, 0.3) is 10.9 Å². The van der Waals surface area contributed by atoms with Gasteiger partial charge in [-0.25, -0.2) is 9.37 Å². The van der Waals surface area contributed by atoms with Crippen LogP contribution in [0, 0.1) is 5.82 Å². The van der Waals surface area contributed by atoms with E-state index >= 15 is 0 Å². The van der Waals surface area contributed by atoms with Crippen molar-refractivity contribution < 1.29 is 23.8 Å². The molecule has 2 unspecified atom stereocenters. The van der Waals surface area contributed by atoms with Crippen LogP contribution < -0.4 is 5.32 Å². The molecule has 30 heavy (non-hydrogen) atoms. The number of aldehydes is 1. The molecule has 2 atom stereocenters. The van der Waals surface area contributed by atoms with E-state index in [4.69, 9.17) is 4.74 Å². The molecular weight excluding hydrogens is 389 g/mol. The van der Waals surface area contributed by atoms with Crippen LogP contribution in [0.5, 0.6) is 0 Å². The van der Waals surface area contributed by atoms with Crippen molar-refractivity contribution in [1.29, 1.82) is 0 Å². The Labute approximate surface area is 171 Å². The molecule has 154 valence electrons. The van der Waals surface area contributed by atoms with Gasteiger partial charge in [-0.15, -0.1) is 0 Å². The van der Waals surface area contributed by atoms with Crippen LogP contribution in [0.15, 0.2) is 42.6 Å². The SMILES string of the molecule is O=Cc1ccc(Cc2cc(C(=O)NC3CCOCC3O)nc3c(F)cccc23)cn1. The predicted octanol–water partition coefficient (Wildman–Crippen LogP) is 2.05. The minimum absolute atomic E-state index is 0.0683. The minimum Gasteiger partial charge on any atom is -0.389 e. The van der Waals surface area contributed by atoms with Gasteiger partial charge in [0.2, 0.25) is 0 Å². The van der Waals surface area contributed by atoms with E-state index in [2.05, 4.69) is 15.3 Å². The number of ether oxygens (including phenoxy) is 1. The lowest BCUT2D eigenvalue weighted by Crippen LogP contribution is -2.48. The minimum atomic E-state index is -0.804. The zero-order valence-corrected chi connectivity index (χ0v) is 16.0. The first-order valence-electron chi connectivity index (χ1n) is 9.60. The number of fused-ring (bicyclic) bond motifs is 1. The third kappa shape index (κ3) is 4.19. The number of carbonyl (C=O) groups is 2. The standard InChI is InChI=1S/C22H20FN3O4/c23-17-3-1-2-16-14(8-13-4-5-15(11-27)24-10-13)9-19(25-21(16)17)22(29)26-18-6-7-30-12-20(18)28/h1-5,9-11,18,20,28H,6-8,12H2,(H,26,29). The van der Waals surface area contributed by atoms with Crippen molar-refractivity contribution in [2.24, 2.45) is 0 Å². The Morgan fingerprint density at radius 2 is 2.20 bits per heavy atom. The summed E-state index contributed by atoms with van der Waals surface area (Å²) in [6.45, 7) is 0.594. The summed E-state index contributed by atoms with van der Waals surface area (Å²) >= 11 is 0. The summed E-state index contributed by atoms with van der Waals surface area (Å²) in [5.74, 6) is -1.01. The lowest BCUT2D eigenvalue weighted by Gasteiger charge is -2.28. The van der Waals surface area contributed by atoms with Crippen LogP contribution in [0.2, 0.25) is 0 Å². The predicted molar refractivity (Wildman–Crippen MR) is 107 cm³/mol. The lowest BCUT2D eigenvalue weighted by atomic mass is 10.00. The van der Waals surface area contributed by atoms with E-state index in [1.54, 1.807) is 36.5 Å². The molecule has 0 bridgehead atoms. The molecular formula is C22H20FN3O4. The average molecular weight is 409 g/mol. The Balaban J connectivity index is 1.68. The second-order valence-electron chi connectivity index (χ2n) is 7.20. The summed E-state index contributed by atoms with van der Waals surface area (Å²) < 4.78 is 19.6. The number of halogens is 1. The number of hydrogen-bond donors (Lipinski definition) is 2. The molecule has 1 aliphatic rings. The van der Waals surface area contributed by atoms with Gasteiger partial charge >= 0.3 is 0 Å². The van der Waals surface area contributed by atoms with Gasteiger partial charge in [-0.3, -0.25) is 14.6 Å². The van der Waals surface area contributed by atoms with Crippen molar-refractivity contribution >= 4 is 23.1 Å². The highest BCUT2D eigenvalue weighted by Gasteiger charge is 2.26. The second kappa shape index (κ2) is 8.64. The Hall–Kier alpha value is -3.23. The van der Waals surface area contributed by atoms with Crippen LogP contribution >= 0.6 is 0 Å². The lowest BCUT2D eigenvalue weighted by molar-refractivity contribution is -0.0261. The molecule has 0 radical (unpaired) electrons. The molecule has 2 aromatic heterocycles. The molecule has 8 heteroatoms. The molecule has 1 aliphatic heterocycles. The van der Waals surface area contributed by atoms with Gasteiger partial charge in [0.1, 0.15) is 22.7 Å². The number of amides is 1. The summed E-state index contributed by atoms with van der Waals surface area (Å²) in [7, 11) is 0. The smallest absolute Gasteiger partial charge is 0.270 e. The number of hydrogen-bond acceptors (Lipinski definition) is 6. The molecule has 1 amide bonds. The molecule has 1 aromatic carbocycles. The highest BCUT2D eigenvalue weighted by atomic mass is 19.1. The fraction of sp³-hybridized carbons (Fsp3) is 0.273. The number of benzene rings is 1. The summed E-state index contributed by atoms with van der Waals surface area (Å²) in [6.07, 6.45) is 2.30. The number of nitrogens with one attached hydrogen (secondary N) is 1. The number of nitrogens with zero attached hydrogens (tertiary/aromatic N) is 2. The first-order chi connectivity index (χ1) is 14.5. The van der Waals surface area contributed by atoms with E-state index in [-0.39, 0.29) is 17.8 Å². The Morgan fingerprint density at radius 1 is 1.33 bits per heavy atom. The van der Waals surface area contributed by atoms with Crippen molar-refractivity contribution in [3.63, 3.8) is 0 Å². The normalized spacial score (nSPS) is 18.9. The average Bonchev–Trinajstić information content (AvgIpc) is 2.76. The molecule has 0 saturated carbocycles. The first-order valence-corrected chi connectivity index (χ1v) is 9.60. The molecule has 0 aliphatic carbocycles. The molecule has 4 rings (SSSR count). The largest absolute Gasteiger partial charge is 0.389 e. The fourth-order valence-corrected chi connectivity index (χ4v) is 3.51. The van der Waals surface area contributed by atoms with Gasteiger partial charge in [-0.05, 0) is 42.2 Å². The maximum Gasteiger partial charge on any atom is 0.270 e. The van der Waals surface area contributed by atoms with Crippen LogP contribution in [0.4, 0.5) is 4.39 Å². The van der Waals surface area contributed by atoms with E-state index in [0.29, 0.717) is 42.4 Å². The Bertz CT molecular complexity index is 1090. The highest BCUT2D eigenvalue weighted by molar-refractivity contribution is 5.96. The molecule has 3 aromatic rings. The van der Waals surface area contributed by atoms with Crippen LogP contribution in [0.3, 0.4) is 0 Å². The maximum atomic E-state index is 14.5. The highest BCUT2D eigenvalue weighted by Crippen LogP contribution is 2.24. The molecule has 1 saturated heterocycles. The van der Waals surface area contributed by atoms with Crippen LogP contribution in [-0.2, 0) is 11.2 Å². The number of para-hydroxylation sites is 1. The summed E-state index contributed by atoms with van der Waals surface area (Å²) in [6, 6.07) is 9.17. The monoisotopic (exact) mass is 409 g/mol. The fourth-order valence-electron chi connectivity index (χ4n) is 3.51. The topological polar surface area (TPSA) is 101 Å². The maximum absolute atomic E-state index is 14.5. The Morgan fingerprint density at radius 3 is 2.93 bits per heavy atom. The van der Waals surface area contributed by atoms with Crippen LogP contribution in [-0.4, -0.2) is 52.6 Å². The number of carbonyl (C=O) groups excluding carboxylic acids is 2.